The lowest BCUT2D eigenvalue weighted by atomic mass is 10.0. The van der Waals surface area contributed by atoms with E-state index in [1.165, 1.54) is 12.1 Å². The van der Waals surface area contributed by atoms with Crippen LogP contribution in [-0.2, 0) is 0 Å². The second kappa shape index (κ2) is 21.3. The first-order valence-electron chi connectivity index (χ1n) is 27.3. The van der Waals surface area contributed by atoms with E-state index in [-0.39, 0.29) is 5.69 Å². The number of nitrogens with zero attached hydrogens (tertiary/aromatic N) is 10. The Morgan fingerprint density at radius 2 is 0.736 bits per heavy atom. The molecule has 3 aromatic carbocycles. The lowest BCUT2D eigenvalue weighted by molar-refractivity contribution is -0.384. The highest BCUT2D eigenvalue weighted by molar-refractivity contribution is 7.00. The van der Waals surface area contributed by atoms with Gasteiger partial charge in [0.15, 0.2) is 0 Å². The van der Waals surface area contributed by atoms with E-state index >= 15 is 0 Å². The molecular weight excluding hydrogens is 1100 g/mol. The number of nitro groups is 1. The van der Waals surface area contributed by atoms with Crippen LogP contribution in [0.25, 0.3) is 115 Å². The van der Waals surface area contributed by atoms with E-state index < -0.39 is 4.92 Å². The van der Waals surface area contributed by atoms with Crippen LogP contribution in [0.15, 0.2) is 134 Å². The monoisotopic (exact) mass is 1140 g/mol. The molecule has 0 saturated carbocycles. The number of hydrogen-bond acceptors (Lipinski definition) is 12. The topological polar surface area (TPSA) is 213 Å². The summed E-state index contributed by atoms with van der Waals surface area (Å²) in [6.45, 7) is 0. The molecule has 17 heteroatoms. The average molecular weight is 1140 g/mol. The molecular formula is C70H40N14O2S. The van der Waals surface area contributed by atoms with E-state index in [0.29, 0.717) is 83.9 Å². The van der Waals surface area contributed by atoms with Crippen LogP contribution in [0, 0.1) is 57.5 Å². The summed E-state index contributed by atoms with van der Waals surface area (Å²) >= 11 is 1.07. The maximum atomic E-state index is 11.3. The van der Waals surface area contributed by atoms with Gasteiger partial charge in [-0.3, -0.25) is 20.1 Å². The molecule has 0 atom stereocenters. The number of fused-ring (bicyclic) bond motifs is 18. The van der Waals surface area contributed by atoms with Crippen LogP contribution in [0.1, 0.15) is 90.1 Å². The predicted octanol–water partition coefficient (Wildman–Crippen LogP) is 13.1. The molecule has 0 fully saturated rings. The van der Waals surface area contributed by atoms with Gasteiger partial charge in [-0.05, 0) is 158 Å². The first-order chi connectivity index (χ1) is 42.6. The molecule has 4 N–H and O–H groups in total. The number of nitro benzene ring substituents is 1. The number of anilines is 1. The molecule has 15 rings (SSSR count). The zero-order valence-corrected chi connectivity index (χ0v) is 46.8. The standard InChI is InChI=1S/C70H40N14O2S/c1-83(2)51-17-3-41(4-18-51)7-21-53-59-27-9-43(73-59)37-47-13-31-63(77-47)55(64-32-14-48(78-64)38-44-10-28-60(53)74-44)23-25-57-67-68(72-36-35-71-67)58(70-69(57)81-87-82-70)26-24-56-65-33-15-49(79-65)39-45-11-29-61(75-45)54(22-8-42-5-19-52(20-6-42)84(85)86)62-30-12-46(76-62)40-50-16-34-66(56)80-50/h3-6,9-20,27-40,73,75,78,80H,1-2H3. The Hall–Kier alpha value is -12.5. The van der Waals surface area contributed by atoms with Crippen LogP contribution in [0.2, 0.25) is 0 Å². The van der Waals surface area contributed by atoms with E-state index in [4.69, 9.17) is 38.7 Å². The Kier molecular flexibility index (Phi) is 12.6. The van der Waals surface area contributed by atoms with Crippen molar-refractivity contribution in [3.05, 3.63) is 234 Å². The zero-order chi connectivity index (χ0) is 58.5. The molecule has 0 radical (unpaired) electrons. The normalized spacial score (nSPS) is 11.8. The van der Waals surface area contributed by atoms with Crippen molar-refractivity contribution in [2.75, 3.05) is 19.0 Å². The van der Waals surface area contributed by atoms with Gasteiger partial charge >= 0.3 is 0 Å². The lowest BCUT2D eigenvalue weighted by Gasteiger charge is -2.11. The summed E-state index contributed by atoms with van der Waals surface area (Å²) in [6.07, 6.45) is 18.9. The fraction of sp³-hybridized carbons (Fsp3) is 0.0286. The number of aromatic amines is 4. The fourth-order valence-corrected chi connectivity index (χ4v) is 10.9. The predicted molar refractivity (Wildman–Crippen MR) is 346 cm³/mol. The molecule has 16 nitrogen and oxygen atoms in total. The smallest absolute Gasteiger partial charge is 0.269 e. The van der Waals surface area contributed by atoms with Gasteiger partial charge < -0.3 is 24.8 Å². The third-order valence-corrected chi connectivity index (χ3v) is 15.2. The molecule has 16 bridgehead atoms. The zero-order valence-electron chi connectivity index (χ0n) is 46.0. The fourth-order valence-electron chi connectivity index (χ4n) is 10.4. The minimum atomic E-state index is -0.431. The summed E-state index contributed by atoms with van der Waals surface area (Å²) in [5.41, 5.74) is 20.5. The van der Waals surface area contributed by atoms with Crippen molar-refractivity contribution in [1.82, 2.24) is 58.6 Å². The van der Waals surface area contributed by atoms with E-state index in [1.54, 1.807) is 24.5 Å². The molecule has 0 aliphatic carbocycles. The second-order valence-electron chi connectivity index (χ2n) is 20.6. The van der Waals surface area contributed by atoms with Gasteiger partial charge in [-0.1, -0.05) is 47.4 Å². The molecule has 12 heterocycles. The average Bonchev–Trinajstić information content (AvgIpc) is 2.45. The Bertz CT molecular complexity index is 5570. The molecule has 8 aromatic heterocycles. The van der Waals surface area contributed by atoms with E-state index in [2.05, 4.69) is 84.3 Å². The molecule has 0 saturated heterocycles. The third kappa shape index (κ3) is 10.1. The van der Waals surface area contributed by atoms with Gasteiger partial charge in [0, 0.05) is 77.5 Å². The summed E-state index contributed by atoms with van der Waals surface area (Å²) in [5, 5.41) is 11.3. The number of rotatable bonds is 2. The van der Waals surface area contributed by atoms with Gasteiger partial charge in [-0.25, -0.2) is 19.9 Å². The number of H-pyrrole nitrogens is 4. The van der Waals surface area contributed by atoms with E-state index in [9.17, 15) is 10.1 Å². The minimum absolute atomic E-state index is 0.00329. The van der Waals surface area contributed by atoms with Gasteiger partial charge in [0.25, 0.3) is 5.69 Å². The maximum Gasteiger partial charge on any atom is 0.269 e. The quantitative estimate of drug-likeness (QED) is 0.0726. The molecule has 408 valence electrons. The SMILES string of the molecule is CN(C)c1ccc(C#Cc2c3nc(cc4ccc([nH]4)c(C#Cc4c5nccnc5c(C#Cc5c6nc(cc7ccc([nH]7)c(C#Cc7ccc([N+](=O)[O-])cc7)c7nc(cc8ccc5[nH]8)C=C7)C=C6)c5nsnc45)c4nc(cc5ccc2[nH]5)C=C4)C=C3)cc1. The maximum absolute atomic E-state index is 11.3. The molecule has 0 unspecified atom stereocenters. The van der Waals surface area contributed by atoms with Crippen LogP contribution in [0.5, 0.6) is 0 Å². The first-order valence-corrected chi connectivity index (χ1v) is 28.1. The van der Waals surface area contributed by atoms with Crippen LogP contribution in [-0.4, -0.2) is 77.6 Å². The Labute approximate surface area is 499 Å². The van der Waals surface area contributed by atoms with Crippen molar-refractivity contribution in [2.45, 2.75) is 0 Å². The van der Waals surface area contributed by atoms with Crippen molar-refractivity contribution in [3.63, 3.8) is 0 Å². The van der Waals surface area contributed by atoms with Gasteiger partial charge in [0.05, 0.1) is 118 Å². The summed E-state index contributed by atoms with van der Waals surface area (Å²) in [6, 6.07) is 38.1. The van der Waals surface area contributed by atoms with Crippen LogP contribution < -0.4 is 4.90 Å². The van der Waals surface area contributed by atoms with Crippen molar-refractivity contribution < 1.29 is 4.92 Å². The number of nitrogens with one attached hydrogen (secondary N) is 4. The van der Waals surface area contributed by atoms with Crippen molar-refractivity contribution in [3.8, 4) is 47.4 Å². The number of hydrogen-bond donors (Lipinski definition) is 4. The van der Waals surface area contributed by atoms with Gasteiger partial charge in [0.1, 0.15) is 22.1 Å². The Morgan fingerprint density at radius 3 is 1.08 bits per heavy atom. The highest BCUT2D eigenvalue weighted by Gasteiger charge is 2.19. The summed E-state index contributed by atoms with van der Waals surface area (Å²) < 4.78 is 9.64. The summed E-state index contributed by atoms with van der Waals surface area (Å²) in [4.78, 5) is 57.1. The summed E-state index contributed by atoms with van der Waals surface area (Å²) in [5.74, 6) is 27.2. The van der Waals surface area contributed by atoms with Crippen LogP contribution in [0.4, 0.5) is 11.4 Å². The molecule has 0 spiro atoms. The number of aromatic nitrogens is 12. The molecule has 4 aliphatic rings. The molecule has 11 aromatic rings. The van der Waals surface area contributed by atoms with Gasteiger partial charge in [-0.2, -0.15) is 8.75 Å². The molecule has 4 aliphatic heterocycles. The minimum Gasteiger partial charge on any atom is -0.378 e. The van der Waals surface area contributed by atoms with E-state index in [0.717, 1.165) is 89.8 Å². The van der Waals surface area contributed by atoms with Gasteiger partial charge in [0.2, 0.25) is 0 Å². The number of non-ortho nitro benzene ring substituents is 1. The van der Waals surface area contributed by atoms with Gasteiger partial charge in [-0.15, -0.1) is 0 Å². The Morgan fingerprint density at radius 1 is 0.402 bits per heavy atom. The second-order valence-corrected chi connectivity index (χ2v) is 21.1. The first kappa shape index (κ1) is 51.3. The Balaban J connectivity index is 0.830. The summed E-state index contributed by atoms with van der Waals surface area (Å²) in [7, 11) is 4.04. The van der Waals surface area contributed by atoms with Crippen LogP contribution in [0.3, 0.4) is 0 Å². The molecule has 0 amide bonds. The van der Waals surface area contributed by atoms with Crippen molar-refractivity contribution >= 4 is 138 Å². The molecule has 87 heavy (non-hydrogen) atoms. The highest BCUT2D eigenvalue weighted by Crippen LogP contribution is 2.31. The largest absolute Gasteiger partial charge is 0.378 e. The third-order valence-electron chi connectivity index (χ3n) is 14.7. The highest BCUT2D eigenvalue weighted by atomic mass is 32.1. The van der Waals surface area contributed by atoms with Crippen molar-refractivity contribution in [1.29, 1.82) is 0 Å². The lowest BCUT2D eigenvalue weighted by Crippen LogP contribution is -2.07. The number of benzene rings is 3. The van der Waals surface area contributed by atoms with E-state index in [1.807, 2.05) is 148 Å². The van der Waals surface area contributed by atoms with Crippen molar-refractivity contribution in [2.24, 2.45) is 0 Å². The van der Waals surface area contributed by atoms with Crippen LogP contribution >= 0.6 is 11.7 Å².